The predicted molar refractivity (Wildman–Crippen MR) is 64.2 cm³/mol. The molecule has 17 heavy (non-hydrogen) atoms. The van der Waals surface area contributed by atoms with Gasteiger partial charge in [0.25, 0.3) is 0 Å². The van der Waals surface area contributed by atoms with Crippen molar-refractivity contribution >= 4 is 12.6 Å². The number of aromatic nitrogens is 3. The van der Waals surface area contributed by atoms with Crippen LogP contribution in [0, 0.1) is 5.82 Å². The first-order valence-electron chi connectivity index (χ1n) is 5.06. The molecule has 2 rings (SSSR count). The molecule has 0 amide bonds. The Bertz CT molecular complexity index is 474. The molecule has 1 unspecified atom stereocenters. The van der Waals surface area contributed by atoms with Crippen molar-refractivity contribution in [2.24, 2.45) is 0 Å². The van der Waals surface area contributed by atoms with Crippen molar-refractivity contribution in [1.29, 1.82) is 0 Å². The summed E-state index contributed by atoms with van der Waals surface area (Å²) in [6.07, 6.45) is 2.90. The number of rotatable bonds is 4. The highest BCUT2D eigenvalue weighted by atomic mass is 32.1. The van der Waals surface area contributed by atoms with Crippen LogP contribution in [-0.2, 0) is 12.1 Å². The Labute approximate surface area is 104 Å². The van der Waals surface area contributed by atoms with Gasteiger partial charge < -0.3 is 5.11 Å². The quantitative estimate of drug-likeness (QED) is 0.806. The van der Waals surface area contributed by atoms with Crippen LogP contribution >= 0.6 is 12.6 Å². The van der Waals surface area contributed by atoms with Gasteiger partial charge in [0.15, 0.2) is 0 Å². The average Bonchev–Trinajstić information content (AvgIpc) is 2.82. The fraction of sp³-hybridized carbons (Fsp3) is 0.273. The maximum Gasteiger partial charge on any atom is 0.137 e. The predicted octanol–water partition coefficient (Wildman–Crippen LogP) is 1.23. The summed E-state index contributed by atoms with van der Waals surface area (Å²) in [6, 6.07) is 5.71. The summed E-state index contributed by atoms with van der Waals surface area (Å²) >= 11 is 4.14. The third-order valence-corrected chi connectivity index (χ3v) is 3.06. The molecule has 0 fully saturated rings. The van der Waals surface area contributed by atoms with Crippen LogP contribution in [0.2, 0.25) is 0 Å². The van der Waals surface area contributed by atoms with Crippen molar-refractivity contribution in [3.63, 3.8) is 0 Å². The molecule has 6 heteroatoms. The lowest BCUT2D eigenvalue weighted by Crippen LogP contribution is -2.33. The summed E-state index contributed by atoms with van der Waals surface area (Å²) in [5.41, 5.74) is -0.589. The van der Waals surface area contributed by atoms with Crippen LogP contribution in [0.1, 0.15) is 5.56 Å². The fourth-order valence-corrected chi connectivity index (χ4v) is 1.86. The highest BCUT2D eigenvalue weighted by molar-refractivity contribution is 7.80. The minimum Gasteiger partial charge on any atom is -0.382 e. The summed E-state index contributed by atoms with van der Waals surface area (Å²) in [5, 5.41) is 14.4. The molecule has 1 atom stereocenters. The van der Waals surface area contributed by atoms with E-state index in [-0.39, 0.29) is 18.1 Å². The van der Waals surface area contributed by atoms with Crippen molar-refractivity contribution in [2.45, 2.75) is 12.1 Å². The van der Waals surface area contributed by atoms with Crippen LogP contribution in [0.3, 0.4) is 0 Å². The second-order valence-corrected chi connectivity index (χ2v) is 4.11. The lowest BCUT2D eigenvalue weighted by atomic mass is 9.96. The van der Waals surface area contributed by atoms with Gasteiger partial charge in [-0.15, -0.1) is 0 Å². The van der Waals surface area contributed by atoms with Gasteiger partial charge in [0.1, 0.15) is 24.1 Å². The second-order valence-electron chi connectivity index (χ2n) is 3.79. The zero-order valence-corrected chi connectivity index (χ0v) is 9.89. The SMILES string of the molecule is OC(CS)(Cn1cncn1)c1ccc(F)cc1. The van der Waals surface area contributed by atoms with Gasteiger partial charge >= 0.3 is 0 Å². The van der Waals surface area contributed by atoms with Crippen molar-refractivity contribution in [3.8, 4) is 0 Å². The minimum atomic E-state index is -1.19. The Hall–Kier alpha value is -1.40. The van der Waals surface area contributed by atoms with E-state index in [9.17, 15) is 9.50 Å². The third kappa shape index (κ3) is 2.65. The zero-order valence-electron chi connectivity index (χ0n) is 8.99. The van der Waals surface area contributed by atoms with E-state index < -0.39 is 5.60 Å². The molecule has 0 aliphatic carbocycles. The highest BCUT2D eigenvalue weighted by Gasteiger charge is 2.28. The molecule has 0 spiro atoms. The Morgan fingerprint density at radius 3 is 2.59 bits per heavy atom. The molecule has 2 aromatic rings. The van der Waals surface area contributed by atoms with Crippen LogP contribution in [0.15, 0.2) is 36.9 Å². The van der Waals surface area contributed by atoms with Gasteiger partial charge in [-0.25, -0.2) is 14.1 Å². The van der Waals surface area contributed by atoms with E-state index in [1.165, 1.54) is 29.5 Å². The number of nitrogens with zero attached hydrogens (tertiary/aromatic N) is 3. The molecule has 0 aliphatic rings. The Balaban J connectivity index is 2.27. The van der Waals surface area contributed by atoms with E-state index in [4.69, 9.17) is 0 Å². The van der Waals surface area contributed by atoms with Gasteiger partial charge in [0, 0.05) is 5.75 Å². The van der Waals surface area contributed by atoms with Crippen molar-refractivity contribution in [3.05, 3.63) is 48.3 Å². The molecule has 90 valence electrons. The van der Waals surface area contributed by atoms with Gasteiger partial charge in [-0.1, -0.05) is 12.1 Å². The Kier molecular flexibility index (Phi) is 3.44. The normalized spacial score (nSPS) is 14.5. The topological polar surface area (TPSA) is 50.9 Å². The molecule has 0 bridgehead atoms. The van der Waals surface area contributed by atoms with Crippen LogP contribution < -0.4 is 0 Å². The third-order valence-electron chi connectivity index (χ3n) is 2.53. The number of hydrogen-bond acceptors (Lipinski definition) is 4. The molecule has 0 radical (unpaired) electrons. The maximum atomic E-state index is 12.8. The standard InChI is InChI=1S/C11H12FN3OS/c12-10-3-1-9(2-4-10)11(16,6-17)5-15-8-13-7-14-15/h1-4,7-8,16-17H,5-6H2. The fourth-order valence-electron chi connectivity index (χ4n) is 1.58. The molecule has 4 nitrogen and oxygen atoms in total. The smallest absolute Gasteiger partial charge is 0.137 e. The summed E-state index contributed by atoms with van der Waals surface area (Å²) in [5.74, 6) is -0.130. The van der Waals surface area contributed by atoms with E-state index in [0.717, 1.165) is 0 Å². The monoisotopic (exact) mass is 253 g/mol. The number of benzene rings is 1. The largest absolute Gasteiger partial charge is 0.382 e. The number of hydrogen-bond donors (Lipinski definition) is 2. The molecule has 0 aliphatic heterocycles. The molecular formula is C11H12FN3OS. The number of halogens is 1. The first-order chi connectivity index (χ1) is 8.14. The van der Waals surface area contributed by atoms with Crippen molar-refractivity contribution in [1.82, 2.24) is 14.8 Å². The molecule has 1 aromatic carbocycles. The van der Waals surface area contributed by atoms with Crippen LogP contribution in [-0.4, -0.2) is 25.6 Å². The molecule has 0 saturated carbocycles. The van der Waals surface area contributed by atoms with Crippen molar-refractivity contribution < 1.29 is 9.50 Å². The van der Waals surface area contributed by atoms with Crippen molar-refractivity contribution in [2.75, 3.05) is 5.75 Å². The Morgan fingerprint density at radius 1 is 1.35 bits per heavy atom. The van der Waals surface area contributed by atoms with E-state index in [1.807, 2.05) is 0 Å². The van der Waals surface area contributed by atoms with Gasteiger partial charge in [-0.05, 0) is 17.7 Å². The maximum absolute atomic E-state index is 12.8. The molecule has 0 saturated heterocycles. The van der Waals surface area contributed by atoms with E-state index >= 15 is 0 Å². The summed E-state index contributed by atoms with van der Waals surface area (Å²) < 4.78 is 14.3. The first-order valence-corrected chi connectivity index (χ1v) is 5.69. The van der Waals surface area contributed by atoms with Gasteiger partial charge in [0.2, 0.25) is 0 Å². The molecule has 1 heterocycles. The van der Waals surface area contributed by atoms with Gasteiger partial charge in [-0.2, -0.15) is 17.7 Å². The van der Waals surface area contributed by atoms with Crippen LogP contribution in [0.4, 0.5) is 4.39 Å². The molecule has 1 aromatic heterocycles. The average molecular weight is 253 g/mol. The lowest BCUT2D eigenvalue weighted by Gasteiger charge is -2.26. The van der Waals surface area contributed by atoms with Crippen LogP contribution in [0.5, 0.6) is 0 Å². The lowest BCUT2D eigenvalue weighted by molar-refractivity contribution is 0.0400. The Morgan fingerprint density at radius 2 is 2.06 bits per heavy atom. The van der Waals surface area contributed by atoms with Gasteiger partial charge in [-0.3, -0.25) is 0 Å². The summed E-state index contributed by atoms with van der Waals surface area (Å²) in [6.45, 7) is 0.224. The zero-order chi connectivity index (χ0) is 12.3. The summed E-state index contributed by atoms with van der Waals surface area (Å²) in [4.78, 5) is 3.80. The van der Waals surface area contributed by atoms with E-state index in [0.29, 0.717) is 5.56 Å². The molecular weight excluding hydrogens is 241 g/mol. The van der Waals surface area contributed by atoms with Gasteiger partial charge in [0.05, 0.1) is 6.54 Å². The van der Waals surface area contributed by atoms with Crippen LogP contribution in [0.25, 0.3) is 0 Å². The number of aliphatic hydroxyl groups is 1. The van der Waals surface area contributed by atoms with E-state index in [1.54, 1.807) is 12.1 Å². The summed E-state index contributed by atoms with van der Waals surface area (Å²) in [7, 11) is 0. The van der Waals surface area contributed by atoms with E-state index in [2.05, 4.69) is 22.7 Å². The minimum absolute atomic E-state index is 0.207. The first kappa shape index (κ1) is 12.1. The highest BCUT2D eigenvalue weighted by Crippen LogP contribution is 2.24. The number of thiol groups is 1. The second kappa shape index (κ2) is 4.85. The molecule has 1 N–H and O–H groups in total.